The molecular weight excluding hydrogens is 312 g/mol. The first-order chi connectivity index (χ1) is 12.0. The lowest BCUT2D eigenvalue weighted by molar-refractivity contribution is -0.125. The predicted molar refractivity (Wildman–Crippen MR) is 102 cm³/mol. The molecule has 134 valence electrons. The zero-order chi connectivity index (χ0) is 18.2. The first-order valence-corrected chi connectivity index (χ1v) is 8.80. The van der Waals surface area contributed by atoms with Crippen LogP contribution in [0.4, 0.5) is 0 Å². The second-order valence-corrected chi connectivity index (χ2v) is 6.56. The number of hydrogen-bond acceptors (Lipinski definition) is 3. The van der Waals surface area contributed by atoms with E-state index in [1.807, 2.05) is 55.5 Å². The van der Waals surface area contributed by atoms with Crippen LogP contribution in [0.5, 0.6) is 5.75 Å². The maximum atomic E-state index is 12.3. The lowest BCUT2D eigenvalue weighted by Gasteiger charge is -2.20. The second kappa shape index (κ2) is 9.23. The van der Waals surface area contributed by atoms with Gasteiger partial charge >= 0.3 is 0 Å². The van der Waals surface area contributed by atoms with Gasteiger partial charge in [-0.05, 0) is 23.1 Å². The molecule has 2 aromatic rings. The number of carbonyl (C=O) groups excluding carboxylic acids is 1. The number of nitrogens with one attached hydrogen (secondary N) is 1. The highest BCUT2D eigenvalue weighted by atomic mass is 16.5. The van der Waals surface area contributed by atoms with Gasteiger partial charge in [-0.15, -0.1) is 0 Å². The second-order valence-electron chi connectivity index (χ2n) is 6.56. The first-order valence-electron chi connectivity index (χ1n) is 8.80. The van der Waals surface area contributed by atoms with Crippen molar-refractivity contribution in [2.75, 3.05) is 13.2 Å². The summed E-state index contributed by atoms with van der Waals surface area (Å²) >= 11 is 0. The summed E-state index contributed by atoms with van der Waals surface area (Å²) in [4.78, 5) is 12.3. The van der Waals surface area contributed by atoms with E-state index in [1.54, 1.807) is 0 Å². The van der Waals surface area contributed by atoms with Crippen LogP contribution < -0.4 is 15.8 Å². The van der Waals surface area contributed by atoms with E-state index >= 15 is 0 Å². The lowest BCUT2D eigenvalue weighted by atomic mass is 9.95. The Morgan fingerprint density at radius 1 is 1.04 bits per heavy atom. The Bertz CT molecular complexity index is 671. The fourth-order valence-electron chi connectivity index (χ4n) is 2.71. The number of carbonyl (C=O) groups is 1. The highest BCUT2D eigenvalue weighted by Crippen LogP contribution is 2.25. The van der Waals surface area contributed by atoms with Gasteiger partial charge in [0.15, 0.2) is 0 Å². The molecule has 0 heterocycles. The van der Waals surface area contributed by atoms with Crippen LogP contribution in [0.1, 0.15) is 43.9 Å². The number of rotatable bonds is 8. The van der Waals surface area contributed by atoms with E-state index in [9.17, 15) is 4.79 Å². The van der Waals surface area contributed by atoms with Crippen molar-refractivity contribution in [3.63, 3.8) is 0 Å². The largest absolute Gasteiger partial charge is 0.491 e. The standard InChI is InChI=1S/C21H28N2O2/c1-15(2)18-11-7-8-12-19(18)25-14-13-23-21(24)16(3)20(22)17-9-5-4-6-10-17/h4-12,15-16,20H,13-14,22H2,1-3H3,(H,23,24). The predicted octanol–water partition coefficient (Wildman–Crippen LogP) is 3.64. The van der Waals surface area contributed by atoms with Crippen LogP contribution in [-0.4, -0.2) is 19.1 Å². The number of para-hydroxylation sites is 1. The van der Waals surface area contributed by atoms with Crippen LogP contribution in [0.3, 0.4) is 0 Å². The maximum Gasteiger partial charge on any atom is 0.224 e. The van der Waals surface area contributed by atoms with Crippen LogP contribution in [0.25, 0.3) is 0 Å². The quantitative estimate of drug-likeness (QED) is 0.721. The third kappa shape index (κ3) is 5.33. The molecule has 0 fully saturated rings. The molecule has 2 unspecified atom stereocenters. The SMILES string of the molecule is CC(C)c1ccccc1OCCNC(=O)C(C)C(N)c1ccccc1. The van der Waals surface area contributed by atoms with Crippen molar-refractivity contribution in [3.8, 4) is 5.75 Å². The summed E-state index contributed by atoms with van der Waals surface area (Å²) in [6.45, 7) is 7.01. The number of benzene rings is 2. The van der Waals surface area contributed by atoms with E-state index in [4.69, 9.17) is 10.5 Å². The van der Waals surface area contributed by atoms with Gasteiger partial charge in [0.05, 0.1) is 12.5 Å². The smallest absolute Gasteiger partial charge is 0.224 e. The Labute approximate surface area is 150 Å². The number of ether oxygens (including phenoxy) is 1. The molecule has 3 N–H and O–H groups in total. The third-order valence-electron chi connectivity index (χ3n) is 4.34. The summed E-state index contributed by atoms with van der Waals surface area (Å²) in [5.41, 5.74) is 8.34. The fourth-order valence-corrected chi connectivity index (χ4v) is 2.71. The Kier molecular flexibility index (Phi) is 7.02. The van der Waals surface area contributed by atoms with Gasteiger partial charge in [-0.3, -0.25) is 4.79 Å². The minimum atomic E-state index is -0.316. The molecule has 4 heteroatoms. The molecule has 0 aromatic heterocycles. The van der Waals surface area contributed by atoms with E-state index in [0.29, 0.717) is 19.1 Å². The molecular formula is C21H28N2O2. The molecule has 0 radical (unpaired) electrons. The Morgan fingerprint density at radius 2 is 1.68 bits per heavy atom. The van der Waals surface area contributed by atoms with Crippen LogP contribution in [-0.2, 0) is 4.79 Å². The molecule has 2 atom stereocenters. The zero-order valence-electron chi connectivity index (χ0n) is 15.2. The number of nitrogens with two attached hydrogens (primary N) is 1. The van der Waals surface area contributed by atoms with Crippen LogP contribution in [0.15, 0.2) is 54.6 Å². The summed E-state index contributed by atoms with van der Waals surface area (Å²) in [5, 5.41) is 2.91. The van der Waals surface area contributed by atoms with Crippen molar-refractivity contribution in [1.29, 1.82) is 0 Å². The van der Waals surface area contributed by atoms with Gasteiger partial charge in [-0.25, -0.2) is 0 Å². The van der Waals surface area contributed by atoms with E-state index < -0.39 is 0 Å². The Hall–Kier alpha value is -2.33. The van der Waals surface area contributed by atoms with Crippen molar-refractivity contribution in [2.45, 2.75) is 32.7 Å². The van der Waals surface area contributed by atoms with E-state index in [0.717, 1.165) is 11.3 Å². The Morgan fingerprint density at radius 3 is 2.36 bits per heavy atom. The first kappa shape index (κ1) is 19.0. The number of hydrogen-bond donors (Lipinski definition) is 2. The monoisotopic (exact) mass is 340 g/mol. The van der Waals surface area contributed by atoms with E-state index in [1.165, 1.54) is 5.56 Å². The van der Waals surface area contributed by atoms with Crippen molar-refractivity contribution in [2.24, 2.45) is 11.7 Å². The molecule has 0 spiro atoms. The average Bonchev–Trinajstić information content (AvgIpc) is 2.64. The average molecular weight is 340 g/mol. The van der Waals surface area contributed by atoms with E-state index in [-0.39, 0.29) is 17.9 Å². The maximum absolute atomic E-state index is 12.3. The molecule has 2 aromatic carbocycles. The topological polar surface area (TPSA) is 64.3 Å². The van der Waals surface area contributed by atoms with Gasteiger partial charge in [0, 0.05) is 6.04 Å². The minimum Gasteiger partial charge on any atom is -0.491 e. The van der Waals surface area contributed by atoms with Gasteiger partial charge in [-0.2, -0.15) is 0 Å². The third-order valence-corrected chi connectivity index (χ3v) is 4.34. The molecule has 0 aliphatic heterocycles. The molecule has 0 aliphatic rings. The molecule has 0 saturated carbocycles. The molecule has 0 aliphatic carbocycles. The summed E-state index contributed by atoms with van der Waals surface area (Å²) in [7, 11) is 0. The molecule has 4 nitrogen and oxygen atoms in total. The Balaban J connectivity index is 1.81. The highest BCUT2D eigenvalue weighted by Gasteiger charge is 2.21. The molecule has 2 rings (SSSR count). The van der Waals surface area contributed by atoms with Gasteiger partial charge < -0.3 is 15.8 Å². The lowest BCUT2D eigenvalue weighted by Crippen LogP contribution is -2.37. The molecule has 1 amide bonds. The van der Waals surface area contributed by atoms with Gasteiger partial charge in [0.25, 0.3) is 0 Å². The number of amides is 1. The summed E-state index contributed by atoms with van der Waals surface area (Å²) < 4.78 is 5.83. The molecule has 0 saturated heterocycles. The summed E-state index contributed by atoms with van der Waals surface area (Å²) in [5.74, 6) is 0.915. The zero-order valence-corrected chi connectivity index (χ0v) is 15.2. The highest BCUT2D eigenvalue weighted by molar-refractivity contribution is 5.79. The van der Waals surface area contributed by atoms with Gasteiger partial charge in [0.2, 0.25) is 5.91 Å². The van der Waals surface area contributed by atoms with Gasteiger partial charge in [-0.1, -0.05) is 69.3 Å². The fraction of sp³-hybridized carbons (Fsp3) is 0.381. The minimum absolute atomic E-state index is 0.0582. The summed E-state index contributed by atoms with van der Waals surface area (Å²) in [6.07, 6.45) is 0. The normalized spacial score (nSPS) is 13.3. The van der Waals surface area contributed by atoms with Crippen molar-refractivity contribution in [3.05, 3.63) is 65.7 Å². The van der Waals surface area contributed by atoms with Gasteiger partial charge in [0.1, 0.15) is 12.4 Å². The van der Waals surface area contributed by atoms with Crippen LogP contribution in [0, 0.1) is 5.92 Å². The van der Waals surface area contributed by atoms with Crippen molar-refractivity contribution < 1.29 is 9.53 Å². The van der Waals surface area contributed by atoms with E-state index in [2.05, 4.69) is 25.2 Å². The van der Waals surface area contributed by atoms with Crippen LogP contribution >= 0.6 is 0 Å². The molecule has 0 bridgehead atoms. The van der Waals surface area contributed by atoms with Crippen molar-refractivity contribution in [1.82, 2.24) is 5.32 Å². The molecule has 25 heavy (non-hydrogen) atoms. The van der Waals surface area contributed by atoms with Crippen LogP contribution in [0.2, 0.25) is 0 Å². The summed E-state index contributed by atoms with van der Waals surface area (Å²) in [6, 6.07) is 17.4. The van der Waals surface area contributed by atoms with Crippen molar-refractivity contribution >= 4 is 5.91 Å².